The van der Waals surface area contributed by atoms with Crippen LogP contribution in [0.3, 0.4) is 0 Å². The van der Waals surface area contributed by atoms with Gasteiger partial charge in [-0.2, -0.15) is 0 Å². The van der Waals surface area contributed by atoms with Crippen LogP contribution in [0, 0.1) is 0 Å². The molecular weight excluding hydrogens is 560 g/mol. The number of carbonyl (C=O) groups is 5. The maximum absolute atomic E-state index is 13.4. The summed E-state index contributed by atoms with van der Waals surface area (Å²) in [6, 6.07) is -1.04. The number of carboxylic acid groups (broad SMARTS) is 1. The number of nitrogens with one attached hydrogen (secondary N) is 3. The van der Waals surface area contributed by atoms with Crippen LogP contribution in [0.15, 0.2) is 0 Å². The van der Waals surface area contributed by atoms with Gasteiger partial charge in [0, 0.05) is 19.6 Å². The molecule has 4 N–H and O–H groups in total. The van der Waals surface area contributed by atoms with Crippen molar-refractivity contribution in [2.75, 3.05) is 26.2 Å². The quantitative estimate of drug-likeness (QED) is 0.130. The van der Waals surface area contributed by atoms with Crippen LogP contribution in [0.25, 0.3) is 0 Å². The number of hydrogen-bond donors (Lipinski definition) is 4. The Morgan fingerprint density at radius 2 is 1.05 bits per heavy atom. The molecule has 0 rings (SSSR count). The Morgan fingerprint density at radius 3 is 1.51 bits per heavy atom. The second kappa shape index (κ2) is 19.1. The molecule has 250 valence electrons. The van der Waals surface area contributed by atoms with Crippen LogP contribution in [-0.2, 0) is 23.8 Å². The van der Waals surface area contributed by atoms with Gasteiger partial charge < -0.3 is 40.2 Å². The van der Waals surface area contributed by atoms with Crippen molar-refractivity contribution in [1.29, 1.82) is 0 Å². The van der Waals surface area contributed by atoms with Gasteiger partial charge >= 0.3 is 24.2 Å². The zero-order chi connectivity index (χ0) is 33.3. The molecule has 0 aliphatic rings. The molecule has 1 atom stereocenters. The number of amides is 4. The number of carbonyl (C=O) groups excluding carboxylic acids is 4. The van der Waals surface area contributed by atoms with E-state index in [0.717, 1.165) is 32.1 Å². The molecule has 0 aliphatic heterocycles. The van der Waals surface area contributed by atoms with Crippen LogP contribution in [0.5, 0.6) is 0 Å². The smallest absolute Gasteiger partial charge is 0.408 e. The third-order valence-corrected chi connectivity index (χ3v) is 5.49. The number of unbranched alkanes of at least 4 members (excludes halogenated alkanes) is 5. The summed E-state index contributed by atoms with van der Waals surface area (Å²) in [5.74, 6) is -1.69. The predicted octanol–water partition coefficient (Wildman–Crippen LogP) is 4.96. The van der Waals surface area contributed by atoms with E-state index in [1.165, 1.54) is 4.90 Å². The van der Waals surface area contributed by atoms with E-state index in [0.29, 0.717) is 19.4 Å². The van der Waals surface area contributed by atoms with Gasteiger partial charge in [-0.05, 0) is 88.0 Å². The molecule has 13 heteroatoms. The summed E-state index contributed by atoms with van der Waals surface area (Å²) in [5.41, 5.74) is -1.98. The number of nitrogens with zero attached hydrogens (tertiary/aromatic N) is 1. The lowest BCUT2D eigenvalue weighted by atomic mass is 10.1. The molecule has 0 saturated heterocycles. The molecule has 0 aliphatic carbocycles. The number of rotatable bonds is 17. The largest absolute Gasteiger partial charge is 0.480 e. The highest BCUT2D eigenvalue weighted by Crippen LogP contribution is 2.12. The summed E-state index contributed by atoms with van der Waals surface area (Å²) in [6.07, 6.45) is 3.57. The Labute approximate surface area is 257 Å². The first-order chi connectivity index (χ1) is 19.7. The number of aliphatic carboxylic acids is 1. The Balaban J connectivity index is 4.91. The monoisotopic (exact) mass is 616 g/mol. The Bertz CT molecular complexity index is 890. The van der Waals surface area contributed by atoms with E-state index in [2.05, 4.69) is 16.0 Å². The van der Waals surface area contributed by atoms with Crippen LogP contribution in [-0.4, -0.2) is 89.2 Å². The van der Waals surface area contributed by atoms with Crippen LogP contribution >= 0.6 is 0 Å². The lowest BCUT2D eigenvalue weighted by Gasteiger charge is -2.28. The summed E-state index contributed by atoms with van der Waals surface area (Å²) >= 11 is 0. The molecule has 0 aromatic heterocycles. The molecule has 0 unspecified atom stereocenters. The van der Waals surface area contributed by atoms with E-state index in [4.69, 9.17) is 14.2 Å². The van der Waals surface area contributed by atoms with Crippen molar-refractivity contribution >= 4 is 30.2 Å². The third-order valence-electron chi connectivity index (χ3n) is 5.49. The normalized spacial score (nSPS) is 12.5. The minimum Gasteiger partial charge on any atom is -0.480 e. The molecule has 13 nitrogen and oxygen atoms in total. The Morgan fingerprint density at radius 1 is 0.628 bits per heavy atom. The van der Waals surface area contributed by atoms with E-state index in [1.807, 2.05) is 20.8 Å². The zero-order valence-corrected chi connectivity index (χ0v) is 27.7. The minimum absolute atomic E-state index is 0.154. The highest BCUT2D eigenvalue weighted by molar-refractivity contribution is 5.88. The fraction of sp³-hybridized carbons (Fsp3) is 0.833. The van der Waals surface area contributed by atoms with Gasteiger partial charge in [0.15, 0.2) is 0 Å². The number of ether oxygens (including phenoxy) is 3. The topological polar surface area (TPSA) is 173 Å². The fourth-order valence-electron chi connectivity index (χ4n) is 3.81. The first-order valence-electron chi connectivity index (χ1n) is 15.1. The maximum Gasteiger partial charge on any atom is 0.408 e. The first kappa shape index (κ1) is 39.8. The molecular formula is C30H56N4O9. The number of hydrogen-bond acceptors (Lipinski definition) is 8. The van der Waals surface area contributed by atoms with Crippen LogP contribution in [0.2, 0.25) is 0 Å². The van der Waals surface area contributed by atoms with Crippen molar-refractivity contribution in [3.63, 3.8) is 0 Å². The van der Waals surface area contributed by atoms with Crippen LogP contribution in [0.1, 0.15) is 114 Å². The molecule has 0 spiro atoms. The van der Waals surface area contributed by atoms with E-state index in [-0.39, 0.29) is 19.5 Å². The van der Waals surface area contributed by atoms with Crippen molar-refractivity contribution in [3.8, 4) is 0 Å². The average Bonchev–Trinajstić information content (AvgIpc) is 2.80. The molecule has 0 aromatic carbocycles. The van der Waals surface area contributed by atoms with Crippen molar-refractivity contribution in [1.82, 2.24) is 20.9 Å². The predicted molar refractivity (Wildman–Crippen MR) is 163 cm³/mol. The zero-order valence-electron chi connectivity index (χ0n) is 27.7. The van der Waals surface area contributed by atoms with Crippen LogP contribution in [0.4, 0.5) is 14.4 Å². The highest BCUT2D eigenvalue weighted by atomic mass is 16.6. The summed E-state index contributed by atoms with van der Waals surface area (Å²) in [6.45, 7) is 16.2. The number of alkyl carbamates (subject to hydrolysis) is 3. The SMILES string of the molecule is CC(C)(C)OC(=O)NCCCCCCCCN(CC(=O)O)C(=O)[C@H](CCCNC(=O)OC(C)(C)C)NC(=O)OC(C)(C)C. The summed E-state index contributed by atoms with van der Waals surface area (Å²) in [4.78, 5) is 62.3. The van der Waals surface area contributed by atoms with E-state index < -0.39 is 59.5 Å². The molecule has 0 radical (unpaired) electrons. The van der Waals surface area contributed by atoms with E-state index in [9.17, 15) is 29.1 Å². The third kappa shape index (κ3) is 23.9. The molecule has 0 heterocycles. The van der Waals surface area contributed by atoms with E-state index in [1.54, 1.807) is 41.5 Å². The summed E-state index contributed by atoms with van der Waals surface area (Å²) < 4.78 is 15.7. The van der Waals surface area contributed by atoms with Gasteiger partial charge in [0.2, 0.25) is 5.91 Å². The van der Waals surface area contributed by atoms with Gasteiger partial charge in [-0.1, -0.05) is 25.7 Å². The molecule has 0 fully saturated rings. The average molecular weight is 617 g/mol. The molecule has 0 saturated carbocycles. The fourth-order valence-corrected chi connectivity index (χ4v) is 3.81. The van der Waals surface area contributed by atoms with E-state index >= 15 is 0 Å². The lowest BCUT2D eigenvalue weighted by molar-refractivity contribution is -0.145. The van der Waals surface area contributed by atoms with Crippen molar-refractivity contribution in [2.45, 2.75) is 137 Å². The van der Waals surface area contributed by atoms with Crippen molar-refractivity contribution < 1.29 is 43.3 Å². The summed E-state index contributed by atoms with van der Waals surface area (Å²) in [7, 11) is 0. The van der Waals surface area contributed by atoms with Crippen molar-refractivity contribution in [2.24, 2.45) is 0 Å². The van der Waals surface area contributed by atoms with Gasteiger partial charge in [0.25, 0.3) is 0 Å². The van der Waals surface area contributed by atoms with Crippen molar-refractivity contribution in [3.05, 3.63) is 0 Å². The van der Waals surface area contributed by atoms with Gasteiger partial charge in [0.1, 0.15) is 29.4 Å². The molecule has 0 aromatic rings. The summed E-state index contributed by atoms with van der Waals surface area (Å²) in [5, 5.41) is 17.4. The molecule has 0 bridgehead atoms. The maximum atomic E-state index is 13.4. The lowest BCUT2D eigenvalue weighted by Crippen LogP contribution is -2.51. The standard InChI is InChI=1S/C30H56N4O9/c1-28(2,3)41-25(38)31-18-14-12-10-11-13-15-20-34(21-23(35)36)24(37)22(33-27(40)43-30(7,8)9)17-16-19-32-26(39)42-29(4,5)6/h22H,10-21H2,1-9H3,(H,31,38)(H,32,39)(H,33,40)(H,35,36)/t22-/m0/s1. The van der Waals surface area contributed by atoms with Gasteiger partial charge in [-0.25, -0.2) is 14.4 Å². The molecule has 43 heavy (non-hydrogen) atoms. The van der Waals surface area contributed by atoms with Gasteiger partial charge in [-0.3, -0.25) is 9.59 Å². The Hall–Kier alpha value is -3.25. The first-order valence-corrected chi connectivity index (χ1v) is 15.1. The highest BCUT2D eigenvalue weighted by Gasteiger charge is 2.29. The van der Waals surface area contributed by atoms with Crippen LogP contribution < -0.4 is 16.0 Å². The second-order valence-corrected chi connectivity index (χ2v) is 13.5. The minimum atomic E-state index is -1.16. The van der Waals surface area contributed by atoms with Gasteiger partial charge in [0.05, 0.1) is 0 Å². The number of carboxylic acids is 1. The van der Waals surface area contributed by atoms with Gasteiger partial charge in [-0.15, -0.1) is 0 Å². The second-order valence-electron chi connectivity index (χ2n) is 13.5. The Kier molecular flexibility index (Phi) is 17.7. The molecule has 4 amide bonds.